The summed E-state index contributed by atoms with van der Waals surface area (Å²) in [5.41, 5.74) is 2.04. The Morgan fingerprint density at radius 1 is 1.22 bits per heavy atom. The number of anilines is 2. The number of fused-ring (bicyclic) bond motifs is 2. The van der Waals surface area contributed by atoms with Crippen LogP contribution in [0.5, 0.6) is 5.75 Å². The second kappa shape index (κ2) is 5.62. The molecular weight excluding hydrogens is 312 g/mol. The van der Waals surface area contributed by atoms with E-state index in [1.165, 1.54) is 11.8 Å². The van der Waals surface area contributed by atoms with Crippen LogP contribution in [-0.2, 0) is 4.79 Å². The first kappa shape index (κ1) is 14.1. The number of rotatable bonds is 1. The van der Waals surface area contributed by atoms with Gasteiger partial charge < -0.3 is 15.0 Å². The molecule has 2 aliphatic heterocycles. The maximum absolute atomic E-state index is 12.9. The van der Waals surface area contributed by atoms with Crippen molar-refractivity contribution in [1.29, 1.82) is 0 Å². The summed E-state index contributed by atoms with van der Waals surface area (Å²) in [7, 11) is 0. The van der Waals surface area contributed by atoms with Gasteiger partial charge in [0.2, 0.25) is 5.91 Å². The van der Waals surface area contributed by atoms with Crippen LogP contribution in [0.4, 0.5) is 11.4 Å². The van der Waals surface area contributed by atoms with Crippen molar-refractivity contribution in [3.05, 3.63) is 48.0 Å². The molecule has 2 amide bonds. The number of hydrogen-bond donors (Lipinski definition) is 1. The third-order valence-corrected chi connectivity index (χ3v) is 4.91. The zero-order chi connectivity index (χ0) is 15.8. The van der Waals surface area contributed by atoms with E-state index in [1.807, 2.05) is 36.4 Å². The molecule has 0 aliphatic carbocycles. The minimum absolute atomic E-state index is 0.0381. The van der Waals surface area contributed by atoms with Crippen molar-refractivity contribution in [1.82, 2.24) is 0 Å². The first-order chi connectivity index (χ1) is 11.2. The maximum atomic E-state index is 12.9. The lowest BCUT2D eigenvalue weighted by atomic mass is 10.1. The molecule has 0 spiro atoms. The van der Waals surface area contributed by atoms with Gasteiger partial charge in [-0.25, -0.2) is 0 Å². The first-order valence-electron chi connectivity index (χ1n) is 7.33. The van der Waals surface area contributed by atoms with Gasteiger partial charge in [0.1, 0.15) is 12.4 Å². The maximum Gasteiger partial charge on any atom is 0.258 e. The highest BCUT2D eigenvalue weighted by Crippen LogP contribution is 2.35. The van der Waals surface area contributed by atoms with Crippen molar-refractivity contribution in [2.45, 2.75) is 4.90 Å². The lowest BCUT2D eigenvalue weighted by molar-refractivity contribution is -0.113. The Morgan fingerprint density at radius 2 is 2.09 bits per heavy atom. The Bertz CT molecular complexity index is 806. The third kappa shape index (κ3) is 2.55. The van der Waals surface area contributed by atoms with Crippen molar-refractivity contribution < 1.29 is 14.3 Å². The van der Waals surface area contributed by atoms with Gasteiger partial charge in [0.15, 0.2) is 0 Å². The lowest BCUT2D eigenvalue weighted by Crippen LogP contribution is -2.38. The minimum atomic E-state index is -0.0895. The predicted molar refractivity (Wildman–Crippen MR) is 89.4 cm³/mol. The zero-order valence-electron chi connectivity index (χ0n) is 12.2. The molecule has 0 unspecified atom stereocenters. The molecule has 2 aromatic rings. The Morgan fingerprint density at radius 3 is 3.00 bits per heavy atom. The van der Waals surface area contributed by atoms with E-state index in [0.717, 1.165) is 10.6 Å². The molecule has 2 aromatic carbocycles. The number of benzene rings is 2. The van der Waals surface area contributed by atoms with Gasteiger partial charge in [-0.3, -0.25) is 9.59 Å². The molecule has 0 radical (unpaired) electrons. The van der Waals surface area contributed by atoms with E-state index in [9.17, 15) is 9.59 Å². The topological polar surface area (TPSA) is 58.6 Å². The highest BCUT2D eigenvalue weighted by molar-refractivity contribution is 8.00. The summed E-state index contributed by atoms with van der Waals surface area (Å²) >= 11 is 1.48. The van der Waals surface area contributed by atoms with Crippen LogP contribution in [0.3, 0.4) is 0 Å². The number of carbonyl (C=O) groups excluding carboxylic acids is 2. The molecule has 4 rings (SSSR count). The van der Waals surface area contributed by atoms with Crippen LogP contribution < -0.4 is 15.0 Å². The molecule has 0 atom stereocenters. The fourth-order valence-electron chi connectivity index (χ4n) is 2.75. The van der Waals surface area contributed by atoms with E-state index in [2.05, 4.69) is 5.32 Å². The summed E-state index contributed by atoms with van der Waals surface area (Å²) in [4.78, 5) is 27.1. The Labute approximate surface area is 137 Å². The van der Waals surface area contributed by atoms with E-state index in [1.54, 1.807) is 11.0 Å². The highest BCUT2D eigenvalue weighted by Gasteiger charge is 2.25. The Balaban J connectivity index is 1.68. The van der Waals surface area contributed by atoms with Gasteiger partial charge in [-0.1, -0.05) is 12.1 Å². The largest absolute Gasteiger partial charge is 0.490 e. The zero-order valence-corrected chi connectivity index (χ0v) is 13.1. The van der Waals surface area contributed by atoms with Crippen LogP contribution in [-0.4, -0.2) is 30.7 Å². The monoisotopic (exact) mass is 326 g/mol. The summed E-state index contributed by atoms with van der Waals surface area (Å²) in [5.74, 6) is 1.00. The number of nitrogens with one attached hydrogen (secondary N) is 1. The van der Waals surface area contributed by atoms with Crippen LogP contribution in [0, 0.1) is 0 Å². The molecule has 1 N–H and O–H groups in total. The number of nitrogens with zero attached hydrogens (tertiary/aromatic N) is 1. The van der Waals surface area contributed by atoms with Gasteiger partial charge in [-0.2, -0.15) is 0 Å². The Hall–Kier alpha value is -2.47. The van der Waals surface area contributed by atoms with E-state index >= 15 is 0 Å². The number of thioether (sulfide) groups is 1. The number of amides is 2. The molecule has 0 bridgehead atoms. The molecule has 2 aliphatic rings. The second-order valence-corrected chi connectivity index (χ2v) is 6.34. The van der Waals surface area contributed by atoms with Crippen LogP contribution in [0.1, 0.15) is 10.4 Å². The van der Waals surface area contributed by atoms with Crippen molar-refractivity contribution >= 4 is 35.0 Å². The summed E-state index contributed by atoms with van der Waals surface area (Å²) in [6, 6.07) is 13.0. The van der Waals surface area contributed by atoms with Gasteiger partial charge in [0.25, 0.3) is 5.91 Å². The van der Waals surface area contributed by atoms with Gasteiger partial charge in [0.05, 0.1) is 23.7 Å². The minimum Gasteiger partial charge on any atom is -0.490 e. The summed E-state index contributed by atoms with van der Waals surface area (Å²) in [6.45, 7) is 0.980. The molecule has 116 valence electrons. The van der Waals surface area contributed by atoms with Gasteiger partial charge in [-0.05, 0) is 30.3 Å². The van der Waals surface area contributed by atoms with Gasteiger partial charge in [0, 0.05) is 10.5 Å². The van der Waals surface area contributed by atoms with Gasteiger partial charge in [-0.15, -0.1) is 11.8 Å². The number of hydrogen-bond acceptors (Lipinski definition) is 4. The molecule has 0 saturated carbocycles. The molecule has 23 heavy (non-hydrogen) atoms. The lowest BCUT2D eigenvalue weighted by Gasteiger charge is -2.29. The molecule has 2 heterocycles. The first-order valence-corrected chi connectivity index (χ1v) is 8.31. The summed E-state index contributed by atoms with van der Waals surface area (Å²) in [6.07, 6.45) is 0. The number of ether oxygens (including phenoxy) is 1. The van der Waals surface area contributed by atoms with Crippen LogP contribution in [0.25, 0.3) is 0 Å². The third-order valence-electron chi connectivity index (χ3n) is 3.83. The average Bonchev–Trinajstić information content (AvgIpc) is 2.60. The van der Waals surface area contributed by atoms with Crippen LogP contribution in [0.15, 0.2) is 47.4 Å². The van der Waals surface area contributed by atoms with Crippen molar-refractivity contribution in [2.24, 2.45) is 0 Å². The summed E-state index contributed by atoms with van der Waals surface area (Å²) < 4.78 is 5.59. The molecule has 6 heteroatoms. The highest BCUT2D eigenvalue weighted by atomic mass is 32.2. The molecule has 0 fully saturated rings. The second-order valence-electron chi connectivity index (χ2n) is 5.32. The van der Waals surface area contributed by atoms with E-state index in [4.69, 9.17) is 4.74 Å². The predicted octanol–water partition coefficient (Wildman–Crippen LogP) is 2.77. The standard InChI is InChI=1S/C17H14N2O3S/c20-16-10-23-15-6-5-11(9-12(15)18-16)17(21)19-7-8-22-14-4-2-1-3-13(14)19/h1-6,9H,7-8,10H2,(H,18,20). The average molecular weight is 326 g/mol. The fourth-order valence-corrected chi connectivity index (χ4v) is 3.54. The molecule has 0 saturated heterocycles. The van der Waals surface area contributed by atoms with Crippen molar-refractivity contribution in [3.8, 4) is 5.75 Å². The van der Waals surface area contributed by atoms with Gasteiger partial charge >= 0.3 is 0 Å². The van der Waals surface area contributed by atoms with Crippen molar-refractivity contribution in [2.75, 3.05) is 29.1 Å². The SMILES string of the molecule is O=C1CSc2ccc(C(=O)N3CCOc4ccccc43)cc2N1. The number of para-hydroxylation sites is 2. The smallest absolute Gasteiger partial charge is 0.258 e. The van der Waals surface area contributed by atoms with Crippen LogP contribution >= 0.6 is 11.8 Å². The van der Waals surface area contributed by atoms with E-state index in [-0.39, 0.29) is 11.8 Å². The molecule has 5 nitrogen and oxygen atoms in total. The Kier molecular flexibility index (Phi) is 3.46. The summed E-state index contributed by atoms with van der Waals surface area (Å²) in [5, 5.41) is 2.82. The quantitative estimate of drug-likeness (QED) is 0.875. The number of carbonyl (C=O) groups is 2. The molecule has 0 aromatic heterocycles. The van der Waals surface area contributed by atoms with Crippen LogP contribution in [0.2, 0.25) is 0 Å². The molecular formula is C17H14N2O3S. The fraction of sp³-hybridized carbons (Fsp3) is 0.176. The normalized spacial score (nSPS) is 16.0. The van der Waals surface area contributed by atoms with E-state index in [0.29, 0.717) is 35.9 Å². The van der Waals surface area contributed by atoms with E-state index < -0.39 is 0 Å². The van der Waals surface area contributed by atoms with Crippen molar-refractivity contribution in [3.63, 3.8) is 0 Å².